The summed E-state index contributed by atoms with van der Waals surface area (Å²) < 4.78 is 32.5. The molecule has 0 bridgehead atoms. The van der Waals surface area contributed by atoms with Crippen LogP contribution in [0, 0.1) is 11.6 Å². The highest BCUT2D eigenvalue weighted by molar-refractivity contribution is 6.07. The zero-order valence-corrected chi connectivity index (χ0v) is 25.1. The van der Waals surface area contributed by atoms with Crippen LogP contribution in [0.5, 0.6) is 0 Å². The quantitative estimate of drug-likeness (QED) is 0.283. The van der Waals surface area contributed by atoms with Crippen LogP contribution in [-0.2, 0) is 6.42 Å². The van der Waals surface area contributed by atoms with Gasteiger partial charge in [0.15, 0.2) is 11.6 Å². The van der Waals surface area contributed by atoms with Crippen molar-refractivity contribution in [2.45, 2.75) is 38.0 Å². The SMILES string of the molecule is CN1CCC(c2cc(-c3ccc(NC(=O)c4cc5c(n(-c6ccc(F)cc6)c4=O)CCCC5=O)cc3F)c3c(N)ncnn23)CC1. The van der Waals surface area contributed by atoms with Gasteiger partial charge in [0.05, 0.1) is 0 Å². The topological polar surface area (TPSA) is 128 Å². The van der Waals surface area contributed by atoms with E-state index in [1.54, 1.807) is 10.6 Å². The Balaban J connectivity index is 1.24. The van der Waals surface area contributed by atoms with E-state index in [0.717, 1.165) is 31.6 Å². The van der Waals surface area contributed by atoms with E-state index < -0.39 is 23.1 Å². The summed E-state index contributed by atoms with van der Waals surface area (Å²) in [4.78, 5) is 46.4. The monoisotopic (exact) mass is 623 g/mol. The molecule has 2 aliphatic rings. The molecule has 0 radical (unpaired) electrons. The molecule has 3 N–H and O–H groups in total. The number of anilines is 2. The van der Waals surface area contributed by atoms with Crippen molar-refractivity contribution >= 4 is 28.7 Å². The van der Waals surface area contributed by atoms with E-state index in [1.165, 1.54) is 53.4 Å². The van der Waals surface area contributed by atoms with Gasteiger partial charge < -0.3 is 16.0 Å². The number of ketones is 1. The number of carbonyl (C=O) groups excluding carboxylic acids is 2. The molecule has 12 heteroatoms. The van der Waals surface area contributed by atoms with Crippen LogP contribution in [-0.4, -0.2) is 55.9 Å². The molecule has 7 rings (SSSR count). The fourth-order valence-electron chi connectivity index (χ4n) is 6.62. The molecule has 1 aliphatic carbocycles. The molecular weight excluding hydrogens is 592 g/mol. The lowest BCUT2D eigenvalue weighted by Crippen LogP contribution is -2.33. The molecule has 234 valence electrons. The number of carbonyl (C=O) groups is 2. The lowest BCUT2D eigenvalue weighted by atomic mass is 9.92. The lowest BCUT2D eigenvalue weighted by Gasteiger charge is -2.28. The molecule has 5 aromatic rings. The highest BCUT2D eigenvalue weighted by Gasteiger charge is 2.28. The van der Waals surface area contributed by atoms with Crippen molar-refractivity contribution in [2.24, 2.45) is 0 Å². The smallest absolute Gasteiger partial charge is 0.268 e. The molecule has 1 amide bonds. The number of Topliss-reactive ketones (excluding diaryl/α,β-unsaturated/α-hetero) is 1. The summed E-state index contributed by atoms with van der Waals surface area (Å²) in [5, 5.41) is 7.05. The molecule has 4 heterocycles. The maximum atomic E-state index is 15.8. The molecule has 0 atom stereocenters. The van der Waals surface area contributed by atoms with E-state index in [4.69, 9.17) is 5.73 Å². The van der Waals surface area contributed by atoms with Gasteiger partial charge in [-0.15, -0.1) is 0 Å². The van der Waals surface area contributed by atoms with Gasteiger partial charge in [0, 0.05) is 51.8 Å². The molecule has 1 saturated heterocycles. The van der Waals surface area contributed by atoms with Crippen LogP contribution in [0.3, 0.4) is 0 Å². The highest BCUT2D eigenvalue weighted by Crippen LogP contribution is 2.38. The number of aromatic nitrogens is 4. The van der Waals surface area contributed by atoms with Crippen molar-refractivity contribution in [3.63, 3.8) is 0 Å². The predicted octanol–water partition coefficient (Wildman–Crippen LogP) is 4.99. The van der Waals surface area contributed by atoms with Crippen LogP contribution in [0.1, 0.15) is 63.7 Å². The summed E-state index contributed by atoms with van der Waals surface area (Å²) in [6.45, 7) is 1.87. The Morgan fingerprint density at radius 2 is 1.72 bits per heavy atom. The second-order valence-electron chi connectivity index (χ2n) is 11.9. The molecule has 1 aliphatic heterocycles. The average molecular weight is 624 g/mol. The molecular formula is C34H31F2N7O3. The van der Waals surface area contributed by atoms with Gasteiger partial charge >= 0.3 is 0 Å². The van der Waals surface area contributed by atoms with Gasteiger partial charge in [-0.1, -0.05) is 0 Å². The normalized spacial score (nSPS) is 15.7. The minimum atomic E-state index is -0.800. The Hall–Kier alpha value is -5.23. The number of pyridine rings is 1. The van der Waals surface area contributed by atoms with Crippen LogP contribution in [0.2, 0.25) is 0 Å². The van der Waals surface area contributed by atoms with Gasteiger partial charge in [-0.3, -0.25) is 19.0 Å². The van der Waals surface area contributed by atoms with Crippen LogP contribution in [0.25, 0.3) is 22.3 Å². The first kappa shape index (κ1) is 29.5. The number of amides is 1. The number of nitrogens with one attached hydrogen (secondary N) is 1. The van der Waals surface area contributed by atoms with Crippen molar-refractivity contribution in [1.29, 1.82) is 0 Å². The van der Waals surface area contributed by atoms with Gasteiger partial charge in [-0.05, 0) is 100 Å². The first-order valence-electron chi connectivity index (χ1n) is 15.2. The fraction of sp³-hybridized carbons (Fsp3) is 0.265. The summed E-state index contributed by atoms with van der Waals surface area (Å²) in [7, 11) is 2.08. The number of hydrogen-bond acceptors (Lipinski definition) is 7. The number of piperidine rings is 1. The van der Waals surface area contributed by atoms with Gasteiger partial charge in [-0.2, -0.15) is 5.10 Å². The summed E-state index contributed by atoms with van der Waals surface area (Å²) in [6.07, 6.45) is 4.53. The van der Waals surface area contributed by atoms with Crippen molar-refractivity contribution in [2.75, 3.05) is 31.2 Å². The number of rotatable bonds is 5. The highest BCUT2D eigenvalue weighted by atomic mass is 19.1. The number of halogens is 2. The third-order valence-electron chi connectivity index (χ3n) is 9.01. The van der Waals surface area contributed by atoms with Gasteiger partial charge in [0.25, 0.3) is 11.5 Å². The summed E-state index contributed by atoms with van der Waals surface area (Å²) >= 11 is 0. The standard InChI is InChI=1S/C34H31F2N7O3/c1-41-13-11-19(12-14-41)29-17-24(31-32(37)38-18-39-43(29)31)23-10-7-21(15-27(23)36)40-33(45)26-16-25-28(3-2-4-30(25)44)42(34(26)46)22-8-5-20(35)6-9-22/h5-10,15-19H,2-4,11-14H2,1H3,(H,40,45)(H2,37,38,39). The molecule has 0 saturated carbocycles. The molecule has 0 unspecified atom stereocenters. The molecule has 3 aromatic heterocycles. The van der Waals surface area contributed by atoms with Crippen LogP contribution in [0.4, 0.5) is 20.3 Å². The Labute approximate surface area is 262 Å². The number of nitrogens with two attached hydrogens (primary N) is 1. The van der Waals surface area contributed by atoms with Crippen molar-refractivity contribution in [1.82, 2.24) is 24.1 Å². The van der Waals surface area contributed by atoms with E-state index in [9.17, 15) is 18.8 Å². The number of nitrogens with zero attached hydrogens (tertiary/aromatic N) is 5. The predicted molar refractivity (Wildman–Crippen MR) is 169 cm³/mol. The van der Waals surface area contributed by atoms with E-state index in [-0.39, 0.29) is 46.3 Å². The number of likely N-dealkylation sites (tertiary alicyclic amines) is 1. The Kier molecular flexibility index (Phi) is 7.44. The first-order valence-corrected chi connectivity index (χ1v) is 15.2. The van der Waals surface area contributed by atoms with Crippen LogP contribution < -0.4 is 16.6 Å². The zero-order chi connectivity index (χ0) is 32.1. The largest absolute Gasteiger partial charge is 0.382 e. The van der Waals surface area contributed by atoms with Crippen molar-refractivity contribution in [3.8, 4) is 16.8 Å². The number of benzene rings is 2. The minimum absolute atomic E-state index is 0.117. The van der Waals surface area contributed by atoms with E-state index in [0.29, 0.717) is 35.3 Å². The van der Waals surface area contributed by atoms with E-state index in [2.05, 4.69) is 27.3 Å². The number of hydrogen-bond donors (Lipinski definition) is 2. The Morgan fingerprint density at radius 1 is 0.957 bits per heavy atom. The van der Waals surface area contributed by atoms with Gasteiger partial charge in [0.2, 0.25) is 0 Å². The van der Waals surface area contributed by atoms with E-state index in [1.807, 2.05) is 6.07 Å². The number of fused-ring (bicyclic) bond motifs is 2. The van der Waals surface area contributed by atoms with Crippen LogP contribution >= 0.6 is 0 Å². The Morgan fingerprint density at radius 3 is 2.46 bits per heavy atom. The average Bonchev–Trinajstić information content (AvgIpc) is 3.42. The van der Waals surface area contributed by atoms with E-state index >= 15 is 4.39 Å². The summed E-state index contributed by atoms with van der Waals surface area (Å²) in [5.74, 6) is -1.65. The Bertz CT molecular complexity index is 2080. The summed E-state index contributed by atoms with van der Waals surface area (Å²) in [6, 6.07) is 12.7. The maximum absolute atomic E-state index is 15.8. The lowest BCUT2D eigenvalue weighted by molar-refractivity contribution is 0.0971. The first-order chi connectivity index (χ1) is 22.2. The number of nitrogen functional groups attached to an aromatic ring is 1. The molecule has 10 nitrogen and oxygen atoms in total. The van der Waals surface area contributed by atoms with Crippen molar-refractivity contribution < 1.29 is 18.4 Å². The van der Waals surface area contributed by atoms with Crippen molar-refractivity contribution in [3.05, 3.63) is 105 Å². The second kappa shape index (κ2) is 11.6. The summed E-state index contributed by atoms with van der Waals surface area (Å²) in [5.41, 5.74) is 8.76. The molecule has 0 spiro atoms. The minimum Gasteiger partial charge on any atom is -0.382 e. The van der Waals surface area contributed by atoms with Gasteiger partial charge in [0.1, 0.15) is 29.0 Å². The van der Waals surface area contributed by atoms with Gasteiger partial charge in [-0.25, -0.2) is 18.3 Å². The molecule has 2 aromatic carbocycles. The van der Waals surface area contributed by atoms with Crippen LogP contribution in [0.15, 0.2) is 65.7 Å². The zero-order valence-electron chi connectivity index (χ0n) is 25.1. The maximum Gasteiger partial charge on any atom is 0.268 e. The molecule has 46 heavy (non-hydrogen) atoms. The molecule has 1 fully saturated rings. The third kappa shape index (κ3) is 5.14. The second-order valence-corrected chi connectivity index (χ2v) is 11.9. The third-order valence-corrected chi connectivity index (χ3v) is 9.01. The fourth-order valence-corrected chi connectivity index (χ4v) is 6.62.